The van der Waals surface area contributed by atoms with Gasteiger partial charge >= 0.3 is 0 Å². The summed E-state index contributed by atoms with van der Waals surface area (Å²) in [5.41, 5.74) is 10.2. The van der Waals surface area contributed by atoms with Gasteiger partial charge in [-0.2, -0.15) is 0 Å². The summed E-state index contributed by atoms with van der Waals surface area (Å²) in [4.78, 5) is 5.14. The van der Waals surface area contributed by atoms with Crippen LogP contribution in [0.4, 0.5) is 0 Å². The van der Waals surface area contributed by atoms with Crippen molar-refractivity contribution in [3.63, 3.8) is 0 Å². The number of nitrogens with zero attached hydrogens (tertiary/aromatic N) is 1. The molecule has 0 unspecified atom stereocenters. The number of benzene rings is 6. The molecular formula is C43H35HfNO2-2. The molecule has 0 saturated carbocycles. The molecule has 0 atom stereocenters. The normalized spacial score (nSPS) is 10.2. The Labute approximate surface area is 296 Å². The van der Waals surface area contributed by atoms with Crippen LogP contribution in [0.1, 0.15) is 0 Å². The van der Waals surface area contributed by atoms with Gasteiger partial charge in [-0.25, -0.2) is 4.98 Å². The van der Waals surface area contributed by atoms with Gasteiger partial charge in [-0.3, -0.25) is 0 Å². The van der Waals surface area contributed by atoms with E-state index in [9.17, 15) is 10.2 Å². The Hall–Kier alpha value is -5.06. The molecule has 2 N–H and O–H groups in total. The van der Waals surface area contributed by atoms with Crippen molar-refractivity contribution < 1.29 is 36.1 Å². The second-order valence-electron chi connectivity index (χ2n) is 10.6. The quantitative estimate of drug-likeness (QED) is 0.131. The molecule has 0 aliphatic heterocycles. The predicted molar refractivity (Wildman–Crippen MR) is 193 cm³/mol. The van der Waals surface area contributed by atoms with Gasteiger partial charge in [-0.1, -0.05) is 152 Å². The molecule has 3 nitrogen and oxygen atoms in total. The SMILES string of the molecule is Oc1c(-c2ccccc2)cccc1-c1ccccc1-c1cccc(-c2ccccc2-c2cccc(-c3ccccc3)c2O)n1.[CH3-].[CH3-].[Hf]. The Morgan fingerprint density at radius 1 is 0.298 bits per heavy atom. The van der Waals surface area contributed by atoms with E-state index < -0.39 is 0 Å². The van der Waals surface area contributed by atoms with Crippen LogP contribution in [0.5, 0.6) is 11.5 Å². The molecule has 47 heavy (non-hydrogen) atoms. The zero-order chi connectivity index (χ0) is 29.9. The Morgan fingerprint density at radius 2 is 0.596 bits per heavy atom. The third kappa shape index (κ3) is 6.89. The Bertz CT molecular complexity index is 1940. The zero-order valence-corrected chi connectivity index (χ0v) is 30.0. The van der Waals surface area contributed by atoms with Gasteiger partial charge < -0.3 is 25.1 Å². The summed E-state index contributed by atoms with van der Waals surface area (Å²) < 4.78 is 0. The maximum atomic E-state index is 11.4. The fourth-order valence-corrected chi connectivity index (χ4v) is 5.84. The number of pyridine rings is 1. The van der Waals surface area contributed by atoms with Crippen molar-refractivity contribution in [2.24, 2.45) is 0 Å². The minimum atomic E-state index is 0. The molecule has 1 aromatic heterocycles. The number of phenols is 2. The first-order valence-corrected chi connectivity index (χ1v) is 14.6. The van der Waals surface area contributed by atoms with Gasteiger partial charge in [-0.15, -0.1) is 0 Å². The Balaban J connectivity index is 0.00000167. The van der Waals surface area contributed by atoms with Gasteiger partial charge in [0.05, 0.1) is 11.4 Å². The number of aromatic hydroxyl groups is 2. The van der Waals surface area contributed by atoms with E-state index in [1.54, 1.807) is 0 Å². The molecule has 0 radical (unpaired) electrons. The molecule has 230 valence electrons. The van der Waals surface area contributed by atoms with Gasteiger partial charge in [0.1, 0.15) is 11.5 Å². The number of phenolic OH excluding ortho intramolecular Hbond substituents is 2. The van der Waals surface area contributed by atoms with Crippen molar-refractivity contribution in [1.82, 2.24) is 4.98 Å². The van der Waals surface area contributed by atoms with Crippen LogP contribution in [0.2, 0.25) is 0 Å². The summed E-state index contributed by atoms with van der Waals surface area (Å²) in [5, 5.41) is 22.9. The Kier molecular flexibility index (Phi) is 11.5. The van der Waals surface area contributed by atoms with E-state index >= 15 is 0 Å². The summed E-state index contributed by atoms with van der Waals surface area (Å²) >= 11 is 0. The van der Waals surface area contributed by atoms with E-state index in [1.165, 1.54) is 0 Å². The summed E-state index contributed by atoms with van der Waals surface area (Å²) in [6.45, 7) is 0. The molecule has 0 bridgehead atoms. The minimum absolute atomic E-state index is 0. The first kappa shape index (κ1) is 34.8. The molecule has 0 aliphatic carbocycles. The Morgan fingerprint density at radius 3 is 1.00 bits per heavy atom. The number of aromatic nitrogens is 1. The molecule has 0 fully saturated rings. The van der Waals surface area contributed by atoms with E-state index in [4.69, 9.17) is 4.98 Å². The van der Waals surface area contributed by atoms with Crippen LogP contribution in [-0.2, 0) is 25.8 Å². The fraction of sp³-hybridized carbons (Fsp3) is 0. The third-order valence-electron chi connectivity index (χ3n) is 7.98. The number of para-hydroxylation sites is 2. The van der Waals surface area contributed by atoms with E-state index in [-0.39, 0.29) is 52.2 Å². The van der Waals surface area contributed by atoms with E-state index in [2.05, 4.69) is 0 Å². The van der Waals surface area contributed by atoms with Crippen LogP contribution in [0.15, 0.2) is 164 Å². The molecule has 6 aromatic carbocycles. The van der Waals surface area contributed by atoms with Crippen molar-refractivity contribution in [2.45, 2.75) is 0 Å². The average molecular weight is 776 g/mol. The molecular weight excluding hydrogens is 741 g/mol. The number of hydrogen-bond acceptors (Lipinski definition) is 3. The molecule has 0 spiro atoms. The third-order valence-corrected chi connectivity index (χ3v) is 7.98. The molecule has 4 heteroatoms. The number of hydrogen-bond donors (Lipinski definition) is 2. The molecule has 0 saturated heterocycles. The summed E-state index contributed by atoms with van der Waals surface area (Å²) in [6, 6.07) is 53.6. The van der Waals surface area contributed by atoms with Crippen molar-refractivity contribution in [3.8, 4) is 78.5 Å². The van der Waals surface area contributed by atoms with E-state index in [0.29, 0.717) is 0 Å². The zero-order valence-electron chi connectivity index (χ0n) is 26.4. The van der Waals surface area contributed by atoms with E-state index in [0.717, 1.165) is 67.0 Å². The van der Waals surface area contributed by atoms with Gasteiger partial charge in [0.15, 0.2) is 0 Å². The molecule has 7 aromatic rings. The monoisotopic (exact) mass is 777 g/mol. The smallest absolute Gasteiger partial charge is 0.131 e. The molecule has 7 rings (SSSR count). The molecule has 0 aliphatic rings. The second kappa shape index (κ2) is 15.5. The molecule has 0 amide bonds. The minimum Gasteiger partial charge on any atom is -0.507 e. The van der Waals surface area contributed by atoms with Crippen LogP contribution in [-0.4, -0.2) is 15.2 Å². The summed E-state index contributed by atoms with van der Waals surface area (Å²) in [6.07, 6.45) is 0. The van der Waals surface area contributed by atoms with Crippen molar-refractivity contribution in [2.75, 3.05) is 0 Å². The largest absolute Gasteiger partial charge is 0.507 e. The van der Waals surface area contributed by atoms with Gasteiger partial charge in [0.2, 0.25) is 0 Å². The van der Waals surface area contributed by atoms with Crippen LogP contribution in [0.25, 0.3) is 67.0 Å². The van der Waals surface area contributed by atoms with Crippen molar-refractivity contribution >= 4 is 0 Å². The van der Waals surface area contributed by atoms with Crippen molar-refractivity contribution in [1.29, 1.82) is 0 Å². The maximum absolute atomic E-state index is 11.4. The predicted octanol–water partition coefficient (Wildman–Crippen LogP) is 11.4. The van der Waals surface area contributed by atoms with Gasteiger partial charge in [0.25, 0.3) is 0 Å². The van der Waals surface area contributed by atoms with E-state index in [1.807, 2.05) is 164 Å². The second-order valence-corrected chi connectivity index (χ2v) is 10.6. The van der Waals surface area contributed by atoms with Gasteiger partial charge in [-0.05, 0) is 34.4 Å². The number of rotatable bonds is 6. The molecule has 1 heterocycles. The fourth-order valence-electron chi connectivity index (χ4n) is 5.84. The standard InChI is InChI=1S/C41H29NO2.2CH3.Hf/c43-40-30(28-14-3-1-4-15-28)22-11-24-36(40)32-18-7-9-20-34(32)38-26-13-27-39(42-38)35-21-10-8-19-33(35)37-25-12-23-31(41(37)44)29-16-5-2-6-17-29;;;/h1-27,43-44H;2*1H3;/q;2*-1;. The summed E-state index contributed by atoms with van der Waals surface area (Å²) in [7, 11) is 0. The van der Waals surface area contributed by atoms with Crippen molar-refractivity contribution in [3.05, 3.63) is 179 Å². The average Bonchev–Trinajstić information content (AvgIpc) is 3.09. The van der Waals surface area contributed by atoms with Gasteiger partial charge in [0, 0.05) is 59.2 Å². The van der Waals surface area contributed by atoms with Crippen LogP contribution in [0.3, 0.4) is 0 Å². The maximum Gasteiger partial charge on any atom is 0.131 e. The first-order chi connectivity index (χ1) is 21.7. The van der Waals surface area contributed by atoms with Crippen LogP contribution in [0, 0.1) is 14.9 Å². The first-order valence-electron chi connectivity index (χ1n) is 14.6. The van der Waals surface area contributed by atoms with Crippen LogP contribution < -0.4 is 0 Å². The summed E-state index contributed by atoms with van der Waals surface area (Å²) in [5.74, 6) is 0.475. The topological polar surface area (TPSA) is 53.4 Å². The van der Waals surface area contributed by atoms with Crippen LogP contribution >= 0.6 is 0 Å².